The number of benzene rings is 4. The lowest BCUT2D eigenvalue weighted by Crippen LogP contribution is -2.23. The van der Waals surface area contributed by atoms with Crippen molar-refractivity contribution in [1.29, 1.82) is 0 Å². The largest absolute Gasteiger partial charge is 0.492 e. The first-order valence-corrected chi connectivity index (χ1v) is 17.7. The number of rotatable bonds is 17. The molecular weight excluding hydrogens is 695 g/mol. The summed E-state index contributed by atoms with van der Waals surface area (Å²) in [5.74, 6) is 2.15. The fourth-order valence-corrected chi connectivity index (χ4v) is 8.98. The van der Waals surface area contributed by atoms with Gasteiger partial charge in [0.15, 0.2) is 11.5 Å². The van der Waals surface area contributed by atoms with Gasteiger partial charge in [-0.2, -0.15) is 0 Å². The SMILES string of the molecule is Br.COc1c(Br)c(C)c(CCCCCCCCCCc2ccccc2P(c2ccccc2)c2ccccc2)c(OC)c1OC. The molecule has 0 unspecified atom stereocenters. The molecule has 0 aliphatic heterocycles. The zero-order valence-electron chi connectivity index (χ0n) is 26.6. The average molecular weight is 743 g/mol. The van der Waals surface area contributed by atoms with Crippen LogP contribution in [0, 0.1) is 6.92 Å². The summed E-state index contributed by atoms with van der Waals surface area (Å²) >= 11 is 3.70. The highest BCUT2D eigenvalue weighted by atomic mass is 79.9. The molecule has 4 rings (SSSR count). The molecule has 0 aliphatic carbocycles. The molecule has 0 atom stereocenters. The van der Waals surface area contributed by atoms with E-state index in [1.807, 2.05) is 0 Å². The Balaban J connectivity index is 0.00000529. The summed E-state index contributed by atoms with van der Waals surface area (Å²) in [6.07, 6.45) is 12.2. The van der Waals surface area contributed by atoms with E-state index in [0.717, 1.165) is 35.0 Å². The molecule has 0 aromatic heterocycles. The fourth-order valence-electron chi connectivity index (χ4n) is 5.90. The maximum Gasteiger partial charge on any atom is 0.204 e. The van der Waals surface area contributed by atoms with E-state index in [1.54, 1.807) is 21.3 Å². The maximum absolute atomic E-state index is 5.75. The Morgan fingerprint density at radius 2 is 1.00 bits per heavy atom. The molecule has 0 saturated heterocycles. The molecule has 0 fully saturated rings. The number of hydrogen-bond donors (Lipinski definition) is 0. The van der Waals surface area contributed by atoms with Gasteiger partial charge in [-0.15, -0.1) is 17.0 Å². The lowest BCUT2D eigenvalue weighted by atomic mass is 9.98. The molecule has 0 N–H and O–H groups in total. The van der Waals surface area contributed by atoms with Crippen LogP contribution >= 0.6 is 40.8 Å². The van der Waals surface area contributed by atoms with Crippen LogP contribution in [0.2, 0.25) is 0 Å². The second kappa shape index (κ2) is 19.2. The topological polar surface area (TPSA) is 27.7 Å². The van der Waals surface area contributed by atoms with Gasteiger partial charge in [0.2, 0.25) is 5.75 Å². The number of halogens is 2. The summed E-state index contributed by atoms with van der Waals surface area (Å²) in [5.41, 5.74) is 3.88. The van der Waals surface area contributed by atoms with Crippen LogP contribution in [0.1, 0.15) is 68.1 Å². The first-order valence-electron chi connectivity index (χ1n) is 15.6. The molecule has 4 aromatic rings. The second-order valence-corrected chi connectivity index (χ2v) is 14.0. The van der Waals surface area contributed by atoms with E-state index in [1.165, 1.54) is 72.0 Å². The Bertz CT molecular complexity index is 1370. The van der Waals surface area contributed by atoms with E-state index in [2.05, 4.69) is 108 Å². The number of ether oxygens (including phenoxy) is 3. The average Bonchev–Trinajstić information content (AvgIpc) is 3.05. The molecule has 0 radical (unpaired) electrons. The van der Waals surface area contributed by atoms with E-state index in [0.29, 0.717) is 11.5 Å². The lowest BCUT2D eigenvalue weighted by molar-refractivity contribution is 0.320. The summed E-state index contributed by atoms with van der Waals surface area (Å²) in [4.78, 5) is 0. The van der Waals surface area contributed by atoms with Crippen molar-refractivity contribution in [2.45, 2.75) is 71.1 Å². The first-order chi connectivity index (χ1) is 21.1. The Labute approximate surface area is 285 Å². The molecule has 4 aromatic carbocycles. The van der Waals surface area contributed by atoms with E-state index in [-0.39, 0.29) is 17.0 Å². The number of hydrogen-bond acceptors (Lipinski definition) is 3. The van der Waals surface area contributed by atoms with Gasteiger partial charge in [-0.1, -0.05) is 123 Å². The highest BCUT2D eigenvalue weighted by Gasteiger charge is 2.23. The van der Waals surface area contributed by atoms with Crippen LogP contribution < -0.4 is 30.1 Å². The van der Waals surface area contributed by atoms with Crippen molar-refractivity contribution in [2.75, 3.05) is 21.3 Å². The third-order valence-electron chi connectivity index (χ3n) is 8.16. The molecule has 236 valence electrons. The summed E-state index contributed by atoms with van der Waals surface area (Å²) in [7, 11) is 4.48. The number of aryl methyl sites for hydroxylation is 1. The highest BCUT2D eigenvalue weighted by molar-refractivity contribution is 9.10. The highest BCUT2D eigenvalue weighted by Crippen LogP contribution is 2.48. The van der Waals surface area contributed by atoms with Crippen molar-refractivity contribution in [3.63, 3.8) is 0 Å². The zero-order chi connectivity index (χ0) is 30.4. The smallest absolute Gasteiger partial charge is 0.204 e. The molecule has 6 heteroatoms. The second-order valence-electron chi connectivity index (χ2n) is 11.0. The van der Waals surface area contributed by atoms with Gasteiger partial charge in [0.25, 0.3) is 0 Å². The van der Waals surface area contributed by atoms with Crippen LogP contribution in [0.4, 0.5) is 0 Å². The molecule has 44 heavy (non-hydrogen) atoms. The summed E-state index contributed by atoms with van der Waals surface area (Å²) in [6.45, 7) is 2.12. The van der Waals surface area contributed by atoms with Crippen LogP contribution in [0.15, 0.2) is 89.4 Å². The molecule has 0 heterocycles. The molecule has 3 nitrogen and oxygen atoms in total. The van der Waals surface area contributed by atoms with Crippen molar-refractivity contribution >= 4 is 56.7 Å². The van der Waals surface area contributed by atoms with Crippen molar-refractivity contribution in [3.8, 4) is 17.2 Å². The van der Waals surface area contributed by atoms with E-state index in [9.17, 15) is 0 Å². The van der Waals surface area contributed by atoms with Gasteiger partial charge in [-0.25, -0.2) is 0 Å². The predicted octanol–water partition coefficient (Wildman–Crippen LogP) is 10.0. The summed E-state index contributed by atoms with van der Waals surface area (Å²) < 4.78 is 17.9. The van der Waals surface area contributed by atoms with Crippen molar-refractivity contribution < 1.29 is 14.2 Å². The Morgan fingerprint density at radius 1 is 0.545 bits per heavy atom. The molecule has 0 amide bonds. The van der Waals surface area contributed by atoms with Crippen molar-refractivity contribution in [3.05, 3.63) is 106 Å². The zero-order valence-corrected chi connectivity index (χ0v) is 30.8. The van der Waals surface area contributed by atoms with Crippen LogP contribution in [-0.2, 0) is 12.8 Å². The van der Waals surface area contributed by atoms with Gasteiger partial charge in [-0.05, 0) is 83.5 Å². The molecule has 0 aliphatic rings. The minimum absolute atomic E-state index is 0. The Kier molecular flexibility index (Phi) is 15.8. The standard InChI is InChI=1S/C38H46BrO3P.BrH/c1-29-33(36(40-2)38(42-4)37(41-3)35(29)39)27-18-10-8-6-5-7-9-13-21-30-22-19-20-28-34(30)43(31-23-14-11-15-24-31)32-25-16-12-17-26-32;/h11-12,14-17,19-20,22-26,28H,5-10,13,18,21,27H2,1-4H3;1H. The Morgan fingerprint density at radius 3 is 1.52 bits per heavy atom. The van der Waals surface area contributed by atoms with Gasteiger partial charge in [-0.3, -0.25) is 0 Å². The van der Waals surface area contributed by atoms with Gasteiger partial charge in [0.1, 0.15) is 0 Å². The van der Waals surface area contributed by atoms with Gasteiger partial charge in [0, 0.05) is 5.56 Å². The van der Waals surface area contributed by atoms with Crippen molar-refractivity contribution in [2.24, 2.45) is 0 Å². The Hall–Kier alpha value is -2.33. The third kappa shape index (κ3) is 9.35. The van der Waals surface area contributed by atoms with Crippen LogP contribution in [0.5, 0.6) is 17.2 Å². The summed E-state index contributed by atoms with van der Waals surface area (Å²) in [6, 6.07) is 31.2. The third-order valence-corrected chi connectivity index (χ3v) is 11.7. The lowest BCUT2D eigenvalue weighted by Gasteiger charge is -2.22. The minimum Gasteiger partial charge on any atom is -0.492 e. The first kappa shape index (κ1) is 36.1. The van der Waals surface area contributed by atoms with E-state index >= 15 is 0 Å². The van der Waals surface area contributed by atoms with E-state index in [4.69, 9.17) is 14.2 Å². The van der Waals surface area contributed by atoms with E-state index < -0.39 is 7.92 Å². The predicted molar refractivity (Wildman–Crippen MR) is 198 cm³/mol. The number of unbranched alkanes of at least 4 members (excludes halogenated alkanes) is 7. The number of methoxy groups -OCH3 is 3. The quantitative estimate of drug-likeness (QED) is 0.0797. The van der Waals surface area contributed by atoms with Gasteiger partial charge >= 0.3 is 0 Å². The normalized spacial score (nSPS) is 10.9. The van der Waals surface area contributed by atoms with Crippen LogP contribution in [-0.4, -0.2) is 21.3 Å². The molecular formula is C38H47Br2O3P. The van der Waals surface area contributed by atoms with Crippen LogP contribution in [0.3, 0.4) is 0 Å². The maximum atomic E-state index is 5.75. The minimum atomic E-state index is -0.557. The molecule has 0 saturated carbocycles. The summed E-state index contributed by atoms with van der Waals surface area (Å²) in [5, 5.41) is 4.34. The monoisotopic (exact) mass is 740 g/mol. The van der Waals surface area contributed by atoms with Crippen molar-refractivity contribution in [1.82, 2.24) is 0 Å². The molecule has 0 bridgehead atoms. The fraction of sp³-hybridized carbons (Fsp3) is 0.368. The van der Waals surface area contributed by atoms with Crippen LogP contribution in [0.25, 0.3) is 0 Å². The van der Waals surface area contributed by atoms with Gasteiger partial charge < -0.3 is 14.2 Å². The molecule has 0 spiro atoms. The van der Waals surface area contributed by atoms with Gasteiger partial charge in [0.05, 0.1) is 25.8 Å².